The number of carbonyl (C=O) groups excluding carboxylic acids is 2. The zero-order chi connectivity index (χ0) is 19.2. The van der Waals surface area contributed by atoms with E-state index in [1.54, 1.807) is 34.5 Å². The molecule has 0 atom stereocenters. The highest BCUT2D eigenvalue weighted by atomic mass is 16.2. The van der Waals surface area contributed by atoms with Crippen molar-refractivity contribution in [3.63, 3.8) is 0 Å². The highest BCUT2D eigenvalue weighted by Crippen LogP contribution is 2.12. The SMILES string of the molecule is CC(=O)N1CCN(C(=O)/C(C#N)=C\N2CCN(c3ncccn3)CC2)CC1. The van der Waals surface area contributed by atoms with Gasteiger partial charge in [-0.3, -0.25) is 9.59 Å². The maximum atomic E-state index is 12.6. The topological polar surface area (TPSA) is 96.7 Å². The molecule has 0 saturated carbocycles. The number of aromatic nitrogens is 2. The lowest BCUT2D eigenvalue weighted by Gasteiger charge is -2.35. The third-order valence-corrected chi connectivity index (χ3v) is 4.82. The lowest BCUT2D eigenvalue weighted by atomic mass is 10.2. The van der Waals surface area contributed by atoms with Crippen molar-refractivity contribution in [2.24, 2.45) is 0 Å². The standard InChI is InChI=1S/C18H23N7O2/c1-15(26)23-9-11-24(12-10-23)17(27)16(13-19)14-22-5-7-25(8-6-22)18-20-3-2-4-21-18/h2-4,14H,5-12H2,1H3/b16-14-. The predicted octanol–water partition coefficient (Wildman–Crippen LogP) is -0.303. The normalized spacial score (nSPS) is 18.3. The Morgan fingerprint density at radius 2 is 1.59 bits per heavy atom. The van der Waals surface area contributed by atoms with Crippen LogP contribution in [0.5, 0.6) is 0 Å². The van der Waals surface area contributed by atoms with Gasteiger partial charge in [0.1, 0.15) is 11.6 Å². The van der Waals surface area contributed by atoms with Crippen LogP contribution in [-0.4, -0.2) is 88.8 Å². The first-order valence-corrected chi connectivity index (χ1v) is 9.01. The Hall–Kier alpha value is -3.15. The van der Waals surface area contributed by atoms with Crippen LogP contribution in [0, 0.1) is 11.3 Å². The average Bonchev–Trinajstić information content (AvgIpc) is 2.72. The Kier molecular flexibility index (Phi) is 5.86. The highest BCUT2D eigenvalue weighted by Gasteiger charge is 2.26. The molecule has 0 aliphatic carbocycles. The van der Waals surface area contributed by atoms with Crippen molar-refractivity contribution in [3.8, 4) is 6.07 Å². The van der Waals surface area contributed by atoms with Gasteiger partial charge < -0.3 is 19.6 Å². The smallest absolute Gasteiger partial charge is 0.266 e. The minimum absolute atomic E-state index is 0.0124. The van der Waals surface area contributed by atoms with Gasteiger partial charge in [-0.2, -0.15) is 5.26 Å². The molecule has 0 N–H and O–H groups in total. The summed E-state index contributed by atoms with van der Waals surface area (Å²) < 4.78 is 0. The molecule has 2 aliphatic rings. The summed E-state index contributed by atoms with van der Waals surface area (Å²) in [7, 11) is 0. The second-order valence-electron chi connectivity index (χ2n) is 6.52. The molecule has 1 aromatic heterocycles. The molecule has 0 bridgehead atoms. The monoisotopic (exact) mass is 369 g/mol. The predicted molar refractivity (Wildman–Crippen MR) is 98.3 cm³/mol. The van der Waals surface area contributed by atoms with Gasteiger partial charge in [0.2, 0.25) is 11.9 Å². The van der Waals surface area contributed by atoms with Crippen LogP contribution in [0.15, 0.2) is 30.2 Å². The van der Waals surface area contributed by atoms with Crippen LogP contribution in [0.1, 0.15) is 6.92 Å². The number of rotatable bonds is 3. The fraction of sp³-hybridized carbons (Fsp3) is 0.500. The quantitative estimate of drug-likeness (QED) is 0.533. The van der Waals surface area contributed by atoms with E-state index in [4.69, 9.17) is 0 Å². The van der Waals surface area contributed by atoms with E-state index >= 15 is 0 Å². The number of nitrogens with zero attached hydrogens (tertiary/aromatic N) is 7. The Morgan fingerprint density at radius 3 is 2.15 bits per heavy atom. The highest BCUT2D eigenvalue weighted by molar-refractivity contribution is 5.97. The summed E-state index contributed by atoms with van der Waals surface area (Å²) in [6.07, 6.45) is 5.09. The van der Waals surface area contributed by atoms with Crippen molar-refractivity contribution >= 4 is 17.8 Å². The van der Waals surface area contributed by atoms with E-state index in [-0.39, 0.29) is 17.4 Å². The molecule has 3 rings (SSSR count). The molecular weight excluding hydrogens is 346 g/mol. The molecule has 142 valence electrons. The summed E-state index contributed by atoms with van der Waals surface area (Å²) in [4.78, 5) is 40.0. The van der Waals surface area contributed by atoms with Crippen molar-refractivity contribution in [2.75, 3.05) is 57.3 Å². The van der Waals surface area contributed by atoms with E-state index in [0.717, 1.165) is 13.1 Å². The molecule has 9 nitrogen and oxygen atoms in total. The van der Waals surface area contributed by atoms with Gasteiger partial charge in [0.15, 0.2) is 0 Å². The zero-order valence-corrected chi connectivity index (χ0v) is 15.4. The summed E-state index contributed by atoms with van der Waals surface area (Å²) in [6, 6.07) is 3.81. The van der Waals surface area contributed by atoms with Crippen molar-refractivity contribution in [1.29, 1.82) is 5.26 Å². The number of nitriles is 1. The molecule has 0 unspecified atom stereocenters. The van der Waals surface area contributed by atoms with E-state index in [1.165, 1.54) is 6.92 Å². The second kappa shape index (κ2) is 8.49. The minimum Gasteiger partial charge on any atom is -0.373 e. The van der Waals surface area contributed by atoms with Gasteiger partial charge in [-0.25, -0.2) is 9.97 Å². The summed E-state index contributed by atoms with van der Waals surface area (Å²) in [5, 5.41) is 9.44. The first-order chi connectivity index (χ1) is 13.1. The first kappa shape index (κ1) is 18.6. The lowest BCUT2D eigenvalue weighted by molar-refractivity contribution is -0.136. The van der Waals surface area contributed by atoms with Gasteiger partial charge in [-0.1, -0.05) is 0 Å². The van der Waals surface area contributed by atoms with E-state index in [2.05, 4.69) is 14.9 Å². The van der Waals surface area contributed by atoms with E-state index in [9.17, 15) is 14.9 Å². The molecule has 0 aromatic carbocycles. The third-order valence-electron chi connectivity index (χ3n) is 4.82. The molecule has 2 fully saturated rings. The van der Waals surface area contributed by atoms with E-state index in [1.807, 2.05) is 11.0 Å². The molecule has 2 amide bonds. The Morgan fingerprint density at radius 1 is 1.00 bits per heavy atom. The summed E-state index contributed by atoms with van der Waals surface area (Å²) in [5.41, 5.74) is 0.135. The molecule has 0 radical (unpaired) electrons. The van der Waals surface area contributed by atoms with Crippen LogP contribution in [0.2, 0.25) is 0 Å². The zero-order valence-electron chi connectivity index (χ0n) is 15.4. The lowest BCUT2D eigenvalue weighted by Crippen LogP contribution is -2.50. The van der Waals surface area contributed by atoms with Crippen molar-refractivity contribution in [1.82, 2.24) is 24.7 Å². The molecule has 2 saturated heterocycles. The maximum Gasteiger partial charge on any atom is 0.266 e. The molecule has 3 heterocycles. The first-order valence-electron chi connectivity index (χ1n) is 9.01. The number of piperazine rings is 2. The summed E-state index contributed by atoms with van der Waals surface area (Å²) in [6.45, 7) is 6.29. The van der Waals surface area contributed by atoms with Crippen LogP contribution in [-0.2, 0) is 9.59 Å². The van der Waals surface area contributed by atoms with Gasteiger partial charge >= 0.3 is 0 Å². The van der Waals surface area contributed by atoms with Crippen LogP contribution >= 0.6 is 0 Å². The van der Waals surface area contributed by atoms with Crippen LogP contribution in [0.3, 0.4) is 0 Å². The fourth-order valence-corrected chi connectivity index (χ4v) is 3.21. The second-order valence-corrected chi connectivity index (χ2v) is 6.52. The van der Waals surface area contributed by atoms with Gasteiger partial charge in [0.05, 0.1) is 0 Å². The minimum atomic E-state index is -0.269. The fourth-order valence-electron chi connectivity index (χ4n) is 3.21. The molecule has 2 aliphatic heterocycles. The molecule has 9 heteroatoms. The van der Waals surface area contributed by atoms with Crippen LogP contribution < -0.4 is 4.90 Å². The Bertz CT molecular complexity index is 743. The largest absolute Gasteiger partial charge is 0.373 e. The van der Waals surface area contributed by atoms with Gasteiger partial charge in [0.25, 0.3) is 5.91 Å². The van der Waals surface area contributed by atoms with Crippen molar-refractivity contribution in [3.05, 3.63) is 30.2 Å². The average molecular weight is 369 g/mol. The Labute approximate surface area is 158 Å². The van der Waals surface area contributed by atoms with Gasteiger partial charge in [-0.05, 0) is 6.07 Å². The maximum absolute atomic E-state index is 12.6. The van der Waals surface area contributed by atoms with Crippen molar-refractivity contribution < 1.29 is 9.59 Å². The molecular formula is C18H23N7O2. The van der Waals surface area contributed by atoms with Crippen molar-refractivity contribution in [2.45, 2.75) is 6.92 Å². The number of hydrogen-bond donors (Lipinski definition) is 0. The van der Waals surface area contributed by atoms with E-state index < -0.39 is 0 Å². The molecule has 0 spiro atoms. The number of carbonyl (C=O) groups is 2. The summed E-state index contributed by atoms with van der Waals surface area (Å²) >= 11 is 0. The van der Waals surface area contributed by atoms with Gasteiger partial charge in [-0.15, -0.1) is 0 Å². The van der Waals surface area contributed by atoms with E-state index in [0.29, 0.717) is 45.2 Å². The Balaban J connectivity index is 1.56. The summed E-state index contributed by atoms with van der Waals surface area (Å²) in [5.74, 6) is 0.439. The third kappa shape index (κ3) is 4.53. The number of hydrogen-bond acceptors (Lipinski definition) is 7. The molecule has 1 aromatic rings. The number of amides is 2. The van der Waals surface area contributed by atoms with Crippen LogP contribution in [0.4, 0.5) is 5.95 Å². The van der Waals surface area contributed by atoms with Crippen LogP contribution in [0.25, 0.3) is 0 Å². The number of anilines is 1. The van der Waals surface area contributed by atoms with Gasteiger partial charge in [0, 0.05) is 77.9 Å². The molecule has 27 heavy (non-hydrogen) atoms.